The molecular formula is C18H21ClN2O4. The third-order valence-corrected chi connectivity index (χ3v) is 4.31. The molecule has 0 aromatic heterocycles. The van der Waals surface area contributed by atoms with E-state index in [9.17, 15) is 15.0 Å². The molecule has 2 atom stereocenters. The fourth-order valence-electron chi connectivity index (χ4n) is 2.23. The number of ether oxygens (including phenoxy) is 1. The Morgan fingerprint density at radius 2 is 1.92 bits per heavy atom. The van der Waals surface area contributed by atoms with Gasteiger partial charge in [0.2, 0.25) is 0 Å². The number of carbonyl (C=O) groups excluding carboxylic acids is 1. The van der Waals surface area contributed by atoms with E-state index in [0.29, 0.717) is 21.8 Å². The molecule has 2 aromatic rings. The number of anilines is 1. The maximum absolute atomic E-state index is 11.7. The number of alkyl carbamates (subject to hydrolysis) is 1. The first-order valence-electron chi connectivity index (χ1n) is 7.75. The SMILES string of the molecule is Cc1c(N)ccc(C(O)C(O)CNC(=O)OCc2ccccc2)c1Cl. The molecule has 0 fully saturated rings. The van der Waals surface area contributed by atoms with Crippen LogP contribution < -0.4 is 11.1 Å². The van der Waals surface area contributed by atoms with E-state index in [1.807, 2.05) is 30.3 Å². The summed E-state index contributed by atoms with van der Waals surface area (Å²) < 4.78 is 5.04. The second-order valence-electron chi connectivity index (χ2n) is 5.64. The number of carbonyl (C=O) groups is 1. The number of nitrogen functional groups attached to an aromatic ring is 1. The van der Waals surface area contributed by atoms with Gasteiger partial charge in [0.15, 0.2) is 0 Å². The number of hydrogen-bond donors (Lipinski definition) is 4. The fraction of sp³-hybridized carbons (Fsp3) is 0.278. The van der Waals surface area contributed by atoms with Gasteiger partial charge in [0.1, 0.15) is 18.8 Å². The number of halogens is 1. The van der Waals surface area contributed by atoms with Crippen molar-refractivity contribution in [2.45, 2.75) is 25.7 Å². The molecule has 0 aliphatic carbocycles. The molecular weight excluding hydrogens is 344 g/mol. The van der Waals surface area contributed by atoms with Crippen LogP contribution in [-0.2, 0) is 11.3 Å². The Morgan fingerprint density at radius 1 is 1.24 bits per heavy atom. The molecule has 2 rings (SSSR count). The second kappa shape index (κ2) is 8.71. The summed E-state index contributed by atoms with van der Waals surface area (Å²) in [6.07, 6.45) is -3.19. The Morgan fingerprint density at radius 3 is 2.60 bits per heavy atom. The van der Waals surface area contributed by atoms with Gasteiger partial charge in [-0.05, 0) is 24.1 Å². The molecule has 0 spiro atoms. The first-order valence-corrected chi connectivity index (χ1v) is 8.13. The lowest BCUT2D eigenvalue weighted by atomic mass is 10.0. The van der Waals surface area contributed by atoms with Crippen molar-refractivity contribution in [3.63, 3.8) is 0 Å². The van der Waals surface area contributed by atoms with Crippen molar-refractivity contribution in [3.8, 4) is 0 Å². The molecule has 5 N–H and O–H groups in total. The van der Waals surface area contributed by atoms with Crippen molar-refractivity contribution in [3.05, 3.63) is 64.2 Å². The van der Waals surface area contributed by atoms with Crippen molar-refractivity contribution in [2.75, 3.05) is 12.3 Å². The zero-order chi connectivity index (χ0) is 18.4. The molecule has 2 unspecified atom stereocenters. The summed E-state index contributed by atoms with van der Waals surface area (Å²) in [5.74, 6) is 0. The van der Waals surface area contributed by atoms with E-state index in [4.69, 9.17) is 22.1 Å². The molecule has 6 nitrogen and oxygen atoms in total. The van der Waals surface area contributed by atoms with Gasteiger partial charge in [0.25, 0.3) is 0 Å². The van der Waals surface area contributed by atoms with E-state index in [-0.39, 0.29) is 13.2 Å². The van der Waals surface area contributed by atoms with Crippen molar-refractivity contribution in [1.29, 1.82) is 0 Å². The number of nitrogens with one attached hydrogen (secondary N) is 1. The van der Waals surface area contributed by atoms with Gasteiger partial charge in [-0.3, -0.25) is 0 Å². The van der Waals surface area contributed by atoms with Crippen LogP contribution in [0.25, 0.3) is 0 Å². The number of amides is 1. The zero-order valence-electron chi connectivity index (χ0n) is 13.8. The average molecular weight is 365 g/mol. The first-order chi connectivity index (χ1) is 11.9. The Bertz CT molecular complexity index is 725. The average Bonchev–Trinajstić information content (AvgIpc) is 2.63. The predicted octanol–water partition coefficient (Wildman–Crippen LogP) is 2.55. The lowest BCUT2D eigenvalue weighted by molar-refractivity contribution is 0.0184. The van der Waals surface area contributed by atoms with Crippen LogP contribution in [0.15, 0.2) is 42.5 Å². The quantitative estimate of drug-likeness (QED) is 0.589. The summed E-state index contributed by atoms with van der Waals surface area (Å²) in [6, 6.07) is 12.4. The molecule has 0 aliphatic heterocycles. The van der Waals surface area contributed by atoms with Crippen LogP contribution in [-0.4, -0.2) is 29.0 Å². The lowest BCUT2D eigenvalue weighted by Gasteiger charge is -2.20. The maximum atomic E-state index is 11.7. The van der Waals surface area contributed by atoms with Crippen LogP contribution in [0.2, 0.25) is 5.02 Å². The number of hydrogen-bond acceptors (Lipinski definition) is 5. The van der Waals surface area contributed by atoms with Gasteiger partial charge in [-0.1, -0.05) is 48.0 Å². The number of benzene rings is 2. The molecule has 0 aliphatic rings. The third kappa shape index (κ3) is 5.09. The highest BCUT2D eigenvalue weighted by Crippen LogP contribution is 2.31. The van der Waals surface area contributed by atoms with E-state index in [1.165, 1.54) is 0 Å². The van der Waals surface area contributed by atoms with Gasteiger partial charge >= 0.3 is 6.09 Å². The van der Waals surface area contributed by atoms with Crippen LogP contribution in [0.5, 0.6) is 0 Å². The minimum atomic E-state index is -1.26. The summed E-state index contributed by atoms with van der Waals surface area (Å²) >= 11 is 6.15. The number of aliphatic hydroxyl groups excluding tert-OH is 2. The topological polar surface area (TPSA) is 105 Å². The third-order valence-electron chi connectivity index (χ3n) is 3.81. The predicted molar refractivity (Wildman–Crippen MR) is 96.2 cm³/mol. The highest BCUT2D eigenvalue weighted by Gasteiger charge is 2.22. The van der Waals surface area contributed by atoms with E-state index in [0.717, 1.165) is 5.56 Å². The Hall–Kier alpha value is -2.28. The molecule has 2 aromatic carbocycles. The smallest absolute Gasteiger partial charge is 0.407 e. The Labute approximate surface area is 151 Å². The molecule has 0 bridgehead atoms. The van der Waals surface area contributed by atoms with E-state index >= 15 is 0 Å². The van der Waals surface area contributed by atoms with Crippen molar-refractivity contribution >= 4 is 23.4 Å². The summed E-state index contributed by atoms with van der Waals surface area (Å²) in [4.78, 5) is 11.7. The van der Waals surface area contributed by atoms with E-state index < -0.39 is 18.3 Å². The number of nitrogens with two attached hydrogens (primary N) is 1. The summed E-state index contributed by atoms with van der Waals surface area (Å²) in [5, 5.41) is 23.0. The second-order valence-corrected chi connectivity index (χ2v) is 6.02. The van der Waals surface area contributed by atoms with E-state index in [2.05, 4.69) is 5.32 Å². The van der Waals surface area contributed by atoms with Crippen molar-refractivity contribution in [1.82, 2.24) is 5.32 Å². The summed E-state index contributed by atoms with van der Waals surface area (Å²) in [7, 11) is 0. The van der Waals surface area contributed by atoms with Crippen LogP contribution in [0.4, 0.5) is 10.5 Å². The maximum Gasteiger partial charge on any atom is 0.407 e. The van der Waals surface area contributed by atoms with Gasteiger partial charge < -0.3 is 26.0 Å². The highest BCUT2D eigenvalue weighted by atomic mass is 35.5. The Balaban J connectivity index is 1.86. The summed E-state index contributed by atoms with van der Waals surface area (Å²) in [6.45, 7) is 1.66. The number of rotatable bonds is 6. The van der Waals surface area contributed by atoms with Gasteiger partial charge in [0, 0.05) is 17.8 Å². The van der Waals surface area contributed by atoms with Crippen LogP contribution in [0, 0.1) is 6.92 Å². The monoisotopic (exact) mass is 364 g/mol. The first kappa shape index (κ1) is 19.1. The van der Waals surface area contributed by atoms with Crippen molar-refractivity contribution in [2.24, 2.45) is 0 Å². The molecule has 0 heterocycles. The molecule has 7 heteroatoms. The molecule has 1 amide bonds. The largest absolute Gasteiger partial charge is 0.445 e. The fourth-order valence-corrected chi connectivity index (χ4v) is 2.51. The van der Waals surface area contributed by atoms with Gasteiger partial charge in [0.05, 0.1) is 5.02 Å². The van der Waals surface area contributed by atoms with Crippen LogP contribution in [0.1, 0.15) is 22.8 Å². The molecule has 25 heavy (non-hydrogen) atoms. The standard InChI is InChI=1S/C18H21ClN2O4/c1-11-14(20)8-7-13(16(11)19)17(23)15(22)9-21-18(24)25-10-12-5-3-2-4-6-12/h2-8,15,17,22-23H,9-10,20H2,1H3,(H,21,24). The van der Waals surface area contributed by atoms with Gasteiger partial charge in [-0.25, -0.2) is 4.79 Å². The summed E-state index contributed by atoms with van der Waals surface area (Å²) in [5.41, 5.74) is 8.06. The molecule has 134 valence electrons. The minimum absolute atomic E-state index is 0.119. The van der Waals surface area contributed by atoms with Crippen LogP contribution >= 0.6 is 11.6 Å². The highest BCUT2D eigenvalue weighted by molar-refractivity contribution is 6.32. The van der Waals surface area contributed by atoms with Gasteiger partial charge in [-0.15, -0.1) is 0 Å². The number of aliphatic hydroxyl groups is 2. The minimum Gasteiger partial charge on any atom is -0.445 e. The van der Waals surface area contributed by atoms with Crippen molar-refractivity contribution < 1.29 is 19.7 Å². The van der Waals surface area contributed by atoms with E-state index in [1.54, 1.807) is 19.1 Å². The molecule has 0 saturated carbocycles. The normalized spacial score (nSPS) is 13.1. The molecule has 0 radical (unpaired) electrons. The zero-order valence-corrected chi connectivity index (χ0v) is 14.5. The molecule has 0 saturated heterocycles. The lowest BCUT2D eigenvalue weighted by Crippen LogP contribution is -2.35. The van der Waals surface area contributed by atoms with Gasteiger partial charge in [-0.2, -0.15) is 0 Å². The van der Waals surface area contributed by atoms with Crippen LogP contribution in [0.3, 0.4) is 0 Å². The Kier molecular flexibility index (Phi) is 6.64.